The van der Waals surface area contributed by atoms with Crippen LogP contribution in [0, 0.1) is 0 Å². The molecule has 71 heavy (non-hydrogen) atoms. The Morgan fingerprint density at radius 1 is 0.606 bits per heavy atom. The number of fused-ring (bicyclic) bond motifs is 16. The van der Waals surface area contributed by atoms with Gasteiger partial charge in [0.05, 0.1) is 16.7 Å². The molecule has 15 rings (SSSR count). The van der Waals surface area contributed by atoms with Crippen LogP contribution in [0.1, 0.15) is 89.1 Å². The molecule has 3 aliphatic heterocycles. The van der Waals surface area contributed by atoms with Gasteiger partial charge >= 0.3 is 6.85 Å². The standard InChI is InChI=1S/C65H54BN3OS/c1-36-27-52(37-15-11-10-12-16-37)67(9)53-34-56-51(30-43(36)53)66-61-41(23-24-42-45-32-58-46(31-54(45)68(56)62(42)61)40-17-13-14-18-57(40)70-58)44-28-47-48-29-49-50(65(7,8)26-25-64(49,5)6)33-59(48)71-60(47)35-55(44)69(66)39-21-19-38(20-22-39)63(2,3)4/h10-24,27-35H,1,25-26H2,2-9H3. The van der Waals surface area contributed by atoms with E-state index in [2.05, 4.69) is 215 Å². The summed E-state index contributed by atoms with van der Waals surface area (Å²) < 4.78 is 12.0. The van der Waals surface area contributed by atoms with E-state index in [4.69, 9.17) is 11.0 Å². The van der Waals surface area contributed by atoms with Crippen LogP contribution in [-0.4, -0.2) is 18.5 Å². The van der Waals surface area contributed by atoms with Crippen LogP contribution in [-0.2, 0) is 16.2 Å². The number of nitrogens with zero attached hydrogens (tertiary/aromatic N) is 3. The van der Waals surface area contributed by atoms with Crippen LogP contribution in [0.25, 0.3) is 92.0 Å². The molecule has 11 aromatic rings. The number of hydrogen-bond donors (Lipinski definition) is 0. The summed E-state index contributed by atoms with van der Waals surface area (Å²) in [6.07, 6.45) is 4.66. The minimum Gasteiger partial charge on any atom is -0.456 e. The van der Waals surface area contributed by atoms with Crippen molar-refractivity contribution in [2.75, 3.05) is 16.8 Å². The lowest BCUT2D eigenvalue weighted by molar-refractivity contribution is 0.332. The number of benzene rings is 8. The molecule has 0 spiro atoms. The minimum absolute atomic E-state index is 0.0170. The number of hydrogen-bond acceptors (Lipinski definition) is 4. The molecule has 8 aromatic carbocycles. The van der Waals surface area contributed by atoms with E-state index in [1.54, 1.807) is 0 Å². The van der Waals surface area contributed by atoms with E-state index in [0.29, 0.717) is 0 Å². The summed E-state index contributed by atoms with van der Waals surface area (Å²) in [7, 11) is 2.21. The van der Waals surface area contributed by atoms with Crippen molar-refractivity contribution in [1.82, 2.24) is 4.57 Å². The number of anilines is 3. The van der Waals surface area contributed by atoms with Gasteiger partial charge in [0.2, 0.25) is 0 Å². The quantitative estimate of drug-likeness (QED) is 0.161. The molecule has 4 nitrogen and oxygen atoms in total. The molecule has 0 saturated carbocycles. The molecule has 3 aromatic heterocycles. The zero-order valence-electron chi connectivity index (χ0n) is 41.7. The molecule has 0 bridgehead atoms. The maximum Gasteiger partial charge on any atom is 0.333 e. The lowest BCUT2D eigenvalue weighted by atomic mass is 9.43. The molecule has 0 fully saturated rings. The zero-order valence-corrected chi connectivity index (χ0v) is 42.5. The number of para-hydroxylation sites is 1. The predicted molar refractivity (Wildman–Crippen MR) is 306 cm³/mol. The highest BCUT2D eigenvalue weighted by atomic mass is 32.1. The molecule has 1 aliphatic carbocycles. The van der Waals surface area contributed by atoms with Gasteiger partial charge in [-0.25, -0.2) is 0 Å². The van der Waals surface area contributed by atoms with Gasteiger partial charge in [0, 0.05) is 82.7 Å². The fraction of sp³-hybridized carbons (Fsp3) is 0.200. The third-order valence-corrected chi connectivity index (χ3v) is 18.4. The largest absolute Gasteiger partial charge is 0.456 e. The van der Waals surface area contributed by atoms with Crippen molar-refractivity contribution >= 4 is 121 Å². The SMILES string of the molecule is C=C1C=C(c2ccccc2)N(C)c2cc3c(cc21)B1c2c(ccc4c5cc6oc7ccccc7c6cc5n-3c24)-c2cc3c(cc2N1c1ccc(C(C)(C)C)cc1)sc1cc2c(cc13)C(C)(C)CCC2(C)C. The number of furan rings is 1. The average Bonchev–Trinajstić information content (AvgIpc) is 4.03. The summed E-state index contributed by atoms with van der Waals surface area (Å²) in [5, 5.41) is 7.43. The normalized spacial score (nSPS) is 16.6. The van der Waals surface area contributed by atoms with Gasteiger partial charge in [0.25, 0.3) is 0 Å². The molecule has 6 heteroatoms. The van der Waals surface area contributed by atoms with Crippen LogP contribution < -0.4 is 20.6 Å². The maximum atomic E-state index is 6.64. The first kappa shape index (κ1) is 41.5. The summed E-state index contributed by atoms with van der Waals surface area (Å²) >= 11 is 1.96. The Morgan fingerprint density at radius 3 is 2.10 bits per heavy atom. The first-order valence-electron chi connectivity index (χ1n) is 25.4. The topological polar surface area (TPSA) is 24.6 Å². The lowest BCUT2D eigenvalue weighted by Gasteiger charge is -2.43. The number of allylic oxidation sites excluding steroid dienone is 2. The van der Waals surface area contributed by atoms with Gasteiger partial charge in [0.1, 0.15) is 11.2 Å². The van der Waals surface area contributed by atoms with Crippen molar-refractivity contribution in [3.8, 4) is 16.8 Å². The van der Waals surface area contributed by atoms with Gasteiger partial charge in [-0.3, -0.25) is 0 Å². The average molecular weight is 936 g/mol. The molecular weight excluding hydrogens is 882 g/mol. The van der Waals surface area contributed by atoms with Crippen molar-refractivity contribution in [3.63, 3.8) is 0 Å². The van der Waals surface area contributed by atoms with E-state index >= 15 is 0 Å². The molecule has 0 unspecified atom stereocenters. The molecule has 0 radical (unpaired) electrons. The highest BCUT2D eigenvalue weighted by Crippen LogP contribution is 2.53. The second-order valence-electron chi connectivity index (χ2n) is 23.3. The van der Waals surface area contributed by atoms with E-state index < -0.39 is 0 Å². The van der Waals surface area contributed by atoms with E-state index in [1.807, 2.05) is 11.3 Å². The first-order chi connectivity index (χ1) is 34.1. The second kappa shape index (κ2) is 13.8. The van der Waals surface area contributed by atoms with Gasteiger partial charge in [-0.05, 0) is 140 Å². The highest BCUT2D eigenvalue weighted by molar-refractivity contribution is 7.26. The fourth-order valence-electron chi connectivity index (χ4n) is 13.3. The highest BCUT2D eigenvalue weighted by Gasteiger charge is 2.46. The molecule has 4 aliphatic rings. The van der Waals surface area contributed by atoms with Crippen LogP contribution in [0.4, 0.5) is 17.1 Å². The number of rotatable bonds is 2. The maximum absolute atomic E-state index is 6.64. The van der Waals surface area contributed by atoms with E-state index in [1.165, 1.54) is 116 Å². The molecular formula is C65H54BN3OS. The van der Waals surface area contributed by atoms with Gasteiger partial charge < -0.3 is 18.7 Å². The van der Waals surface area contributed by atoms with Crippen LogP contribution in [0.2, 0.25) is 0 Å². The fourth-order valence-corrected chi connectivity index (χ4v) is 14.4. The van der Waals surface area contributed by atoms with Crippen LogP contribution in [0.3, 0.4) is 0 Å². The Bertz CT molecular complexity index is 4250. The monoisotopic (exact) mass is 935 g/mol. The van der Waals surface area contributed by atoms with E-state index in [0.717, 1.165) is 44.5 Å². The van der Waals surface area contributed by atoms with Crippen LogP contribution in [0.5, 0.6) is 0 Å². The summed E-state index contributed by atoms with van der Waals surface area (Å²) in [6, 6.07) is 53.4. The third-order valence-electron chi connectivity index (χ3n) is 17.3. The Kier molecular flexibility index (Phi) is 8.05. The Hall–Kier alpha value is -7.28. The Morgan fingerprint density at radius 2 is 1.32 bits per heavy atom. The summed E-state index contributed by atoms with van der Waals surface area (Å²) in [4.78, 5) is 5.06. The molecule has 0 saturated heterocycles. The van der Waals surface area contributed by atoms with Crippen molar-refractivity contribution in [3.05, 3.63) is 180 Å². The van der Waals surface area contributed by atoms with Gasteiger partial charge in [-0.1, -0.05) is 134 Å². The molecule has 0 atom stereocenters. The van der Waals surface area contributed by atoms with Crippen LogP contribution >= 0.6 is 11.3 Å². The second-order valence-corrected chi connectivity index (χ2v) is 24.4. The van der Waals surface area contributed by atoms with Crippen molar-refractivity contribution < 1.29 is 4.42 Å². The van der Waals surface area contributed by atoms with Gasteiger partial charge in [-0.15, -0.1) is 11.3 Å². The summed E-state index contributed by atoms with van der Waals surface area (Å²) in [5.41, 5.74) is 23.3. The predicted octanol–water partition coefficient (Wildman–Crippen LogP) is 16.4. The van der Waals surface area contributed by atoms with E-state index in [9.17, 15) is 0 Å². The number of thiophene rings is 1. The summed E-state index contributed by atoms with van der Waals surface area (Å²) in [6.45, 7) is 21.4. The van der Waals surface area contributed by atoms with Crippen molar-refractivity contribution in [2.24, 2.45) is 0 Å². The van der Waals surface area contributed by atoms with Gasteiger partial charge in [0.15, 0.2) is 0 Å². The third kappa shape index (κ3) is 5.57. The molecule has 0 N–H and O–H groups in total. The smallest absolute Gasteiger partial charge is 0.333 e. The minimum atomic E-state index is -0.138. The molecule has 0 amide bonds. The zero-order chi connectivity index (χ0) is 48.2. The Balaban J connectivity index is 1.07. The van der Waals surface area contributed by atoms with Gasteiger partial charge in [-0.2, -0.15) is 0 Å². The van der Waals surface area contributed by atoms with Crippen LogP contribution in [0.15, 0.2) is 157 Å². The summed E-state index contributed by atoms with van der Waals surface area (Å²) in [5.74, 6) is 0. The number of aromatic nitrogens is 1. The Labute approximate surface area is 419 Å². The van der Waals surface area contributed by atoms with Crippen molar-refractivity contribution in [2.45, 2.75) is 77.6 Å². The van der Waals surface area contributed by atoms with E-state index in [-0.39, 0.29) is 23.1 Å². The van der Waals surface area contributed by atoms with Crippen molar-refractivity contribution in [1.29, 1.82) is 0 Å². The lowest BCUT2D eigenvalue weighted by Crippen LogP contribution is -2.60. The molecule has 344 valence electrons. The molecule has 6 heterocycles. The first-order valence-corrected chi connectivity index (χ1v) is 26.2.